The molecule has 1 saturated heterocycles. The smallest absolute Gasteiger partial charge is 0.0827 e. The van der Waals surface area contributed by atoms with Crippen LogP contribution in [0.25, 0.3) is 0 Å². The lowest BCUT2D eigenvalue weighted by molar-refractivity contribution is 0.574. The van der Waals surface area contributed by atoms with Crippen LogP contribution in [0.1, 0.15) is 32.6 Å². The van der Waals surface area contributed by atoms with Gasteiger partial charge in [-0.2, -0.15) is 0 Å². The van der Waals surface area contributed by atoms with Crippen molar-refractivity contribution in [3.05, 3.63) is 12.2 Å². The van der Waals surface area contributed by atoms with Crippen molar-refractivity contribution in [1.82, 2.24) is 4.90 Å². The van der Waals surface area contributed by atoms with Crippen LogP contribution < -0.4 is 0 Å². The minimum absolute atomic E-state index is 0.960. The Balaban J connectivity index is 2.44. The summed E-state index contributed by atoms with van der Waals surface area (Å²) in [4.78, 5) is 4.18. The van der Waals surface area contributed by atoms with E-state index in [1.165, 1.54) is 0 Å². The molecule has 0 aromatic carbocycles. The molecule has 0 unspecified atom stereocenters. The third-order valence-corrected chi connectivity index (χ3v) is 2.99. The number of thiocarbonyl (C=S) groups is 2. The van der Waals surface area contributed by atoms with Gasteiger partial charge >= 0.3 is 0 Å². The molecule has 0 saturated carbocycles. The highest BCUT2D eigenvalue weighted by atomic mass is 32.1. The molecule has 0 aliphatic carbocycles. The molecule has 0 atom stereocenters. The van der Waals surface area contributed by atoms with Gasteiger partial charge < -0.3 is 4.90 Å². The molecule has 1 heterocycles. The molecule has 1 aliphatic rings. The second kappa shape index (κ2) is 5.45. The van der Waals surface area contributed by atoms with Gasteiger partial charge in [-0.25, -0.2) is 0 Å². The Morgan fingerprint density at radius 3 is 2.46 bits per heavy atom. The van der Waals surface area contributed by atoms with Gasteiger partial charge in [-0.3, -0.25) is 0 Å². The second-order valence-corrected chi connectivity index (χ2v) is 4.09. The Morgan fingerprint density at radius 2 is 1.92 bits per heavy atom. The van der Waals surface area contributed by atoms with E-state index >= 15 is 0 Å². The van der Waals surface area contributed by atoms with Gasteiger partial charge in [0.15, 0.2) is 0 Å². The molecule has 0 spiro atoms. The van der Waals surface area contributed by atoms with Gasteiger partial charge in [-0.15, -0.1) is 0 Å². The van der Waals surface area contributed by atoms with Crippen molar-refractivity contribution in [3.8, 4) is 0 Å². The summed E-state index contributed by atoms with van der Waals surface area (Å²) in [5.41, 5.74) is 0. The number of nitrogens with zero attached hydrogens (tertiary/aromatic N) is 1. The number of hydrogen-bond acceptors (Lipinski definition) is 2. The Morgan fingerprint density at radius 1 is 1.31 bits per heavy atom. The molecular formula is C10H15NS2. The fraction of sp³-hybridized carbons (Fsp3) is 0.600. The minimum atomic E-state index is 0.960. The molecule has 0 N–H and O–H groups in total. The molecule has 1 rings (SSSR count). The molecule has 1 aliphatic heterocycles. The van der Waals surface area contributed by atoms with E-state index in [1.807, 2.05) is 6.92 Å². The lowest BCUT2D eigenvalue weighted by Crippen LogP contribution is -2.38. The number of allylic oxidation sites excluding steroid dienone is 1. The van der Waals surface area contributed by atoms with Crippen LogP contribution >= 0.6 is 24.4 Å². The van der Waals surface area contributed by atoms with Gasteiger partial charge in [-0.1, -0.05) is 36.6 Å². The molecule has 0 bridgehead atoms. The predicted molar refractivity (Wildman–Crippen MR) is 65.2 cm³/mol. The van der Waals surface area contributed by atoms with E-state index in [2.05, 4.69) is 17.1 Å². The topological polar surface area (TPSA) is 3.24 Å². The summed E-state index contributed by atoms with van der Waals surface area (Å²) in [6, 6.07) is 0. The van der Waals surface area contributed by atoms with E-state index in [1.54, 1.807) is 0 Å². The van der Waals surface area contributed by atoms with Crippen LogP contribution in [0.4, 0.5) is 0 Å². The zero-order valence-electron chi connectivity index (χ0n) is 7.95. The van der Waals surface area contributed by atoms with Gasteiger partial charge in [0.25, 0.3) is 0 Å². The van der Waals surface area contributed by atoms with Crippen LogP contribution in [-0.2, 0) is 0 Å². The summed E-state index contributed by atoms with van der Waals surface area (Å²) >= 11 is 10.5. The van der Waals surface area contributed by atoms with Crippen LogP contribution in [0.2, 0.25) is 0 Å². The van der Waals surface area contributed by atoms with Crippen LogP contribution in [0.3, 0.4) is 0 Å². The molecule has 13 heavy (non-hydrogen) atoms. The Kier molecular flexibility index (Phi) is 4.53. The molecule has 1 nitrogen and oxygen atoms in total. The molecule has 72 valence electrons. The van der Waals surface area contributed by atoms with Crippen molar-refractivity contribution in [2.45, 2.75) is 32.6 Å². The molecule has 3 heteroatoms. The maximum Gasteiger partial charge on any atom is 0.0827 e. The van der Waals surface area contributed by atoms with Crippen LogP contribution in [0.5, 0.6) is 0 Å². The van der Waals surface area contributed by atoms with Crippen LogP contribution in [-0.4, -0.2) is 21.4 Å². The lowest BCUT2D eigenvalue weighted by Gasteiger charge is -2.29. The van der Waals surface area contributed by atoms with Gasteiger partial charge in [0.2, 0.25) is 0 Å². The molecule has 0 amide bonds. The molecule has 0 aromatic heterocycles. The largest absolute Gasteiger partial charge is 0.330 e. The number of hydrogen-bond donors (Lipinski definition) is 0. The number of rotatable bonds is 3. The van der Waals surface area contributed by atoms with Gasteiger partial charge in [-0.05, 0) is 32.6 Å². The van der Waals surface area contributed by atoms with E-state index in [9.17, 15) is 0 Å². The van der Waals surface area contributed by atoms with E-state index in [0.29, 0.717) is 0 Å². The SMILES string of the molecule is CC=CCCN1C(=S)CCCC1=S. The third-order valence-electron chi connectivity index (χ3n) is 2.14. The normalized spacial score (nSPS) is 18.7. The van der Waals surface area contributed by atoms with Crippen molar-refractivity contribution in [2.24, 2.45) is 0 Å². The first kappa shape index (κ1) is 10.8. The predicted octanol–water partition coefficient (Wildman–Crippen LogP) is 3.09. The quantitative estimate of drug-likeness (QED) is 0.524. The molecule has 1 fully saturated rings. The summed E-state index contributed by atoms with van der Waals surface area (Å²) in [5, 5.41) is 0. The molecular weight excluding hydrogens is 198 g/mol. The Labute approximate surface area is 90.8 Å². The zero-order chi connectivity index (χ0) is 9.68. The third kappa shape index (κ3) is 3.16. The number of piperidine rings is 1. The highest BCUT2D eigenvalue weighted by molar-refractivity contribution is 7.81. The molecule has 0 aromatic rings. The van der Waals surface area contributed by atoms with Crippen molar-refractivity contribution in [3.63, 3.8) is 0 Å². The van der Waals surface area contributed by atoms with Crippen molar-refractivity contribution < 1.29 is 0 Å². The summed E-state index contributed by atoms with van der Waals surface area (Å²) < 4.78 is 0. The number of likely N-dealkylation sites (tertiary alicyclic amines) is 1. The maximum atomic E-state index is 5.27. The van der Waals surface area contributed by atoms with E-state index in [4.69, 9.17) is 24.4 Å². The van der Waals surface area contributed by atoms with E-state index in [-0.39, 0.29) is 0 Å². The van der Waals surface area contributed by atoms with Gasteiger partial charge in [0.1, 0.15) is 0 Å². The van der Waals surface area contributed by atoms with Crippen molar-refractivity contribution >= 4 is 34.4 Å². The summed E-state index contributed by atoms with van der Waals surface area (Å²) in [6.45, 7) is 2.99. The zero-order valence-corrected chi connectivity index (χ0v) is 9.59. The van der Waals surface area contributed by atoms with E-state index < -0.39 is 0 Å². The monoisotopic (exact) mass is 213 g/mol. The Bertz CT molecular complexity index is 217. The standard InChI is InChI=1S/C10H15NS2/c1-2-3-4-8-11-9(12)6-5-7-10(11)13/h2-3H,4-8H2,1H3. The second-order valence-electron chi connectivity index (χ2n) is 3.15. The lowest BCUT2D eigenvalue weighted by atomic mass is 10.1. The molecule has 0 radical (unpaired) electrons. The average Bonchev–Trinajstić information content (AvgIpc) is 2.10. The Hall–Kier alpha value is -0.280. The first-order valence-corrected chi connectivity index (χ1v) is 5.51. The van der Waals surface area contributed by atoms with Gasteiger partial charge in [0.05, 0.1) is 9.98 Å². The fourth-order valence-corrected chi connectivity index (χ4v) is 2.17. The fourth-order valence-electron chi connectivity index (χ4n) is 1.42. The highest BCUT2D eigenvalue weighted by Crippen LogP contribution is 2.15. The summed E-state index contributed by atoms with van der Waals surface area (Å²) in [6.07, 6.45) is 8.46. The first-order chi connectivity index (χ1) is 6.25. The van der Waals surface area contributed by atoms with Crippen molar-refractivity contribution in [2.75, 3.05) is 6.54 Å². The van der Waals surface area contributed by atoms with Crippen LogP contribution in [0, 0.1) is 0 Å². The van der Waals surface area contributed by atoms with Crippen LogP contribution in [0.15, 0.2) is 12.2 Å². The minimum Gasteiger partial charge on any atom is -0.330 e. The maximum absolute atomic E-state index is 5.27. The summed E-state index contributed by atoms with van der Waals surface area (Å²) in [7, 11) is 0. The average molecular weight is 213 g/mol. The van der Waals surface area contributed by atoms with Gasteiger partial charge in [0, 0.05) is 6.54 Å². The first-order valence-electron chi connectivity index (χ1n) is 4.70. The summed E-state index contributed by atoms with van der Waals surface area (Å²) in [5.74, 6) is 0. The highest BCUT2D eigenvalue weighted by Gasteiger charge is 2.18. The van der Waals surface area contributed by atoms with E-state index in [0.717, 1.165) is 42.2 Å². The van der Waals surface area contributed by atoms with Crippen molar-refractivity contribution in [1.29, 1.82) is 0 Å².